The van der Waals surface area contributed by atoms with Crippen molar-refractivity contribution in [2.45, 2.75) is 42.9 Å². The Hall–Kier alpha value is -14.9. The van der Waals surface area contributed by atoms with Crippen LogP contribution in [0.5, 0.6) is 11.5 Å². The van der Waals surface area contributed by atoms with E-state index in [1.54, 1.807) is 0 Å². The van der Waals surface area contributed by atoms with Crippen LogP contribution in [0.15, 0.2) is 425 Å². The lowest BCUT2D eigenvalue weighted by Crippen LogP contribution is -2.33. The average Bonchev–Trinajstić information content (AvgIpc) is 1.43. The number of fused-ring (bicyclic) bond motifs is 23. The summed E-state index contributed by atoms with van der Waals surface area (Å²) in [6, 6.07) is 143. The molecule has 0 N–H and O–H groups in total. The molecule has 8 heteroatoms. The van der Waals surface area contributed by atoms with E-state index >= 15 is 0 Å². The van der Waals surface area contributed by atoms with Crippen LogP contribution >= 0.6 is 23.1 Å². The molecule has 0 saturated carbocycles. The molecular weight excluding hydrogens is 1550 g/mol. The minimum atomic E-state index is -1.08. The lowest BCUT2D eigenvalue weighted by molar-refractivity contribution is 0.437. The SMILES string of the molecule is C/C(=C\C=C1/Cc2ccccc2S1)N(c1cc(-c2ccccc2)c2c(c1)oc1ccccc12)c1cccc2c1Oc1ccccc1C21c2cc(N(c3ccccc3)c3cc(-c4ccc5ccccc5c4)c4oc5ccccc5c4c3)ccc2-c2ccc(N(c3ccccc3)c3ccc(-c4cccc5c4-c4ccccc4C5(C)C)c4sc5ccccc5c34)cc21. The Balaban J connectivity index is 0.757. The molecule has 0 bridgehead atoms. The molecule has 3 aromatic heterocycles. The van der Waals surface area contributed by atoms with E-state index in [4.69, 9.17) is 13.6 Å². The molecule has 0 radical (unpaired) electrons. The monoisotopic (exact) mass is 1620 g/mol. The van der Waals surface area contributed by atoms with Crippen LogP contribution in [0.1, 0.15) is 59.7 Å². The number of thioether (sulfide) groups is 1. The first-order chi connectivity index (χ1) is 61.1. The topological polar surface area (TPSA) is 45.2 Å². The fraction of sp³-hybridized carbons (Fsp3) is 0.0517. The molecule has 0 amide bonds. The highest BCUT2D eigenvalue weighted by molar-refractivity contribution is 8.03. The molecule has 586 valence electrons. The largest absolute Gasteiger partial charge is 0.456 e. The minimum absolute atomic E-state index is 0.173. The standard InChI is InChI=1S/C116H77N3O3S2/c1-71(53-58-83-64-76-33-15-25-51-107(76)123-83)117(82-65-92(73-30-7-4-8-31-73)110-90-40-18-23-49-104(90)120-106(110)70-82)102-47-28-46-98-113(102)122-105-50-24-21-44-96(105)116(98)99-68-79(118(77-34-9-5-10-35-77)81-66-93(75-55-54-72-29-13-14-32-74(72)63-75)112-94(67-81)86-38-17-22-48-103(86)121-112)56-59-84(99)85-60-57-80(69-100(85)116)119(78-36-11-6-12-37-78)101-62-61-88(114-111(101)91-41-19-26-52-108(91)124-114)87-42-27-45-97-109(87)89-39-16-20-43-95(89)115(97,2)3/h4-63,65-70H,64H2,1-3H3/b71-53+,83-58+. The normalized spacial score (nSPS) is 14.9. The lowest BCUT2D eigenvalue weighted by atomic mass is 9.65. The van der Waals surface area contributed by atoms with Gasteiger partial charge in [0.25, 0.3) is 0 Å². The third kappa shape index (κ3) is 11.0. The molecule has 4 aliphatic rings. The van der Waals surface area contributed by atoms with Crippen LogP contribution in [0.3, 0.4) is 0 Å². The summed E-state index contributed by atoms with van der Waals surface area (Å²) in [5.74, 6) is 1.50. The average molecular weight is 1630 g/mol. The van der Waals surface area contributed by atoms with Crippen molar-refractivity contribution in [2.75, 3.05) is 14.7 Å². The lowest BCUT2D eigenvalue weighted by Gasteiger charge is -2.42. The number of furan rings is 2. The third-order valence-corrected chi connectivity index (χ3v) is 28.8. The van der Waals surface area contributed by atoms with Gasteiger partial charge in [-0.3, -0.25) is 0 Å². The van der Waals surface area contributed by atoms with Gasteiger partial charge in [-0.05, 0) is 216 Å². The highest BCUT2D eigenvalue weighted by atomic mass is 32.2. The van der Waals surface area contributed by atoms with Gasteiger partial charge in [0, 0.05) is 121 Å². The van der Waals surface area contributed by atoms with Crippen LogP contribution < -0.4 is 19.4 Å². The Morgan fingerprint density at radius 3 is 1.78 bits per heavy atom. The molecule has 2 aliphatic heterocycles. The number of ether oxygens (including phenoxy) is 1. The number of hydrogen-bond acceptors (Lipinski definition) is 8. The fourth-order valence-electron chi connectivity index (χ4n) is 21.0. The first kappa shape index (κ1) is 71.9. The molecule has 18 aromatic carbocycles. The van der Waals surface area contributed by atoms with E-state index in [0.29, 0.717) is 0 Å². The van der Waals surface area contributed by atoms with Crippen molar-refractivity contribution in [1.29, 1.82) is 0 Å². The van der Waals surface area contributed by atoms with Crippen molar-refractivity contribution in [3.8, 4) is 67.1 Å². The van der Waals surface area contributed by atoms with E-state index in [9.17, 15) is 0 Å². The van der Waals surface area contributed by atoms with Crippen LogP contribution in [0.4, 0.5) is 45.5 Å². The number of thiophene rings is 1. The number of rotatable bonds is 13. The second-order valence-corrected chi connectivity index (χ2v) is 35.9. The molecule has 1 atom stereocenters. The minimum Gasteiger partial charge on any atom is -0.456 e. The summed E-state index contributed by atoms with van der Waals surface area (Å²) in [5.41, 5.74) is 30.9. The summed E-state index contributed by atoms with van der Waals surface area (Å²) in [5, 5.41) is 8.97. The molecule has 0 saturated heterocycles. The van der Waals surface area contributed by atoms with Gasteiger partial charge >= 0.3 is 0 Å². The predicted octanol–water partition coefficient (Wildman–Crippen LogP) is 33.0. The van der Waals surface area contributed by atoms with Crippen LogP contribution in [-0.2, 0) is 17.3 Å². The van der Waals surface area contributed by atoms with Gasteiger partial charge in [-0.1, -0.05) is 299 Å². The van der Waals surface area contributed by atoms with Crippen molar-refractivity contribution < 1.29 is 13.6 Å². The highest BCUT2D eigenvalue weighted by Gasteiger charge is 2.53. The van der Waals surface area contributed by atoms with Gasteiger partial charge in [-0.2, -0.15) is 0 Å². The molecule has 25 rings (SSSR count). The Kier molecular flexibility index (Phi) is 16.3. The predicted molar refractivity (Wildman–Crippen MR) is 518 cm³/mol. The first-order valence-electron chi connectivity index (χ1n) is 42.6. The van der Waals surface area contributed by atoms with Gasteiger partial charge in [-0.15, -0.1) is 11.3 Å². The molecule has 1 spiro atoms. The van der Waals surface area contributed by atoms with Gasteiger partial charge in [0.2, 0.25) is 0 Å². The van der Waals surface area contributed by atoms with E-state index in [1.807, 2.05) is 23.1 Å². The summed E-state index contributed by atoms with van der Waals surface area (Å²) >= 11 is 3.74. The molecule has 0 fully saturated rings. The van der Waals surface area contributed by atoms with Crippen molar-refractivity contribution in [2.24, 2.45) is 0 Å². The van der Waals surface area contributed by atoms with Gasteiger partial charge in [-0.25, -0.2) is 0 Å². The number of para-hydroxylation sites is 6. The Morgan fingerprint density at radius 1 is 0.363 bits per heavy atom. The quantitative estimate of drug-likeness (QED) is 0.114. The number of allylic oxidation sites excluding steroid dienone is 4. The van der Waals surface area contributed by atoms with Crippen molar-refractivity contribution in [3.63, 3.8) is 0 Å². The Morgan fingerprint density at radius 2 is 0.984 bits per heavy atom. The summed E-state index contributed by atoms with van der Waals surface area (Å²) in [6.45, 7) is 7.01. The molecule has 6 nitrogen and oxygen atoms in total. The van der Waals surface area contributed by atoms with E-state index in [2.05, 4.69) is 436 Å². The van der Waals surface area contributed by atoms with Gasteiger partial charge in [0.05, 0.1) is 22.5 Å². The van der Waals surface area contributed by atoms with E-state index in [-0.39, 0.29) is 5.41 Å². The van der Waals surface area contributed by atoms with Gasteiger partial charge in [0.15, 0.2) is 5.75 Å². The Bertz CT molecular complexity index is 8080. The fourth-order valence-corrected chi connectivity index (χ4v) is 23.3. The van der Waals surface area contributed by atoms with E-state index < -0.39 is 5.41 Å². The van der Waals surface area contributed by atoms with E-state index in [0.717, 1.165) is 174 Å². The summed E-state index contributed by atoms with van der Waals surface area (Å²) < 4.78 is 24.6. The van der Waals surface area contributed by atoms with Crippen LogP contribution in [-0.4, -0.2) is 0 Å². The number of benzene rings is 18. The summed E-state index contributed by atoms with van der Waals surface area (Å²) in [4.78, 5) is 9.99. The third-order valence-electron chi connectivity index (χ3n) is 26.5. The number of anilines is 8. The van der Waals surface area contributed by atoms with Crippen LogP contribution in [0, 0.1) is 0 Å². The summed E-state index contributed by atoms with van der Waals surface area (Å²) in [6.07, 6.45) is 5.49. The van der Waals surface area contributed by atoms with Crippen LogP contribution in [0.25, 0.3) is 130 Å². The molecule has 124 heavy (non-hydrogen) atoms. The second-order valence-electron chi connectivity index (χ2n) is 33.7. The molecule has 1 unspecified atom stereocenters. The van der Waals surface area contributed by atoms with Crippen molar-refractivity contribution in [3.05, 3.63) is 450 Å². The van der Waals surface area contributed by atoms with E-state index in [1.165, 1.54) is 74.3 Å². The zero-order chi connectivity index (χ0) is 82.0. The van der Waals surface area contributed by atoms with Gasteiger partial charge < -0.3 is 28.3 Å². The highest BCUT2D eigenvalue weighted by Crippen LogP contribution is 2.66. The van der Waals surface area contributed by atoms with Gasteiger partial charge in [0.1, 0.15) is 28.1 Å². The Labute approximate surface area is 726 Å². The smallest absolute Gasteiger partial charge is 0.156 e. The second kappa shape index (κ2) is 28.1. The molecule has 21 aromatic rings. The maximum atomic E-state index is 7.98. The maximum absolute atomic E-state index is 7.98. The summed E-state index contributed by atoms with van der Waals surface area (Å²) in [7, 11) is 0. The first-order valence-corrected chi connectivity index (χ1v) is 44.3. The molecular formula is C116H77N3O3S2. The molecule has 2 aliphatic carbocycles. The maximum Gasteiger partial charge on any atom is 0.156 e. The van der Waals surface area contributed by atoms with Crippen molar-refractivity contribution in [1.82, 2.24) is 0 Å². The zero-order valence-corrected chi connectivity index (χ0v) is 69.8. The number of hydrogen-bond donors (Lipinski definition) is 0. The molecule has 5 heterocycles. The zero-order valence-electron chi connectivity index (χ0n) is 68.2. The van der Waals surface area contributed by atoms with Crippen LogP contribution in [0.2, 0.25) is 0 Å². The van der Waals surface area contributed by atoms with Crippen molar-refractivity contribution >= 4 is 143 Å². The number of nitrogens with zero attached hydrogens (tertiary/aromatic N) is 3.